The van der Waals surface area contributed by atoms with Crippen molar-refractivity contribution in [2.75, 3.05) is 5.32 Å². The zero-order valence-corrected chi connectivity index (χ0v) is 14.0. The summed E-state index contributed by atoms with van der Waals surface area (Å²) in [4.78, 5) is 16.4. The number of anilines is 1. The zero-order chi connectivity index (χ0) is 17.7. The van der Waals surface area contributed by atoms with Crippen LogP contribution >= 0.6 is 0 Å². The van der Waals surface area contributed by atoms with Crippen LogP contribution in [0.1, 0.15) is 42.8 Å². The topological polar surface area (TPSA) is 74.2 Å². The van der Waals surface area contributed by atoms with E-state index in [-0.39, 0.29) is 17.8 Å². The molecule has 0 bridgehead atoms. The number of halogens is 1. The van der Waals surface area contributed by atoms with Crippen molar-refractivity contribution in [3.8, 4) is 0 Å². The molecule has 6 heteroatoms. The van der Waals surface area contributed by atoms with E-state index in [1.807, 2.05) is 13.8 Å². The molecular formula is C18H22FN3O2. The molecule has 0 fully saturated rings. The van der Waals surface area contributed by atoms with E-state index in [0.717, 1.165) is 0 Å². The lowest BCUT2D eigenvalue weighted by Gasteiger charge is -2.20. The highest BCUT2D eigenvalue weighted by Crippen LogP contribution is 2.17. The molecule has 1 amide bonds. The van der Waals surface area contributed by atoms with E-state index in [0.29, 0.717) is 16.9 Å². The van der Waals surface area contributed by atoms with Crippen molar-refractivity contribution in [1.29, 1.82) is 0 Å². The second-order valence-electron chi connectivity index (χ2n) is 5.99. The van der Waals surface area contributed by atoms with Crippen LogP contribution in [0.5, 0.6) is 0 Å². The fourth-order valence-electron chi connectivity index (χ4n) is 2.23. The second-order valence-corrected chi connectivity index (χ2v) is 5.99. The Morgan fingerprint density at radius 2 is 1.79 bits per heavy atom. The van der Waals surface area contributed by atoms with Crippen molar-refractivity contribution in [2.24, 2.45) is 0 Å². The molecule has 0 unspecified atom stereocenters. The van der Waals surface area contributed by atoms with Gasteiger partial charge in [-0.05, 0) is 50.6 Å². The zero-order valence-electron chi connectivity index (χ0n) is 14.0. The van der Waals surface area contributed by atoms with Gasteiger partial charge in [0, 0.05) is 12.2 Å². The van der Waals surface area contributed by atoms with E-state index < -0.39 is 12.1 Å². The highest BCUT2D eigenvalue weighted by Gasteiger charge is 2.19. The molecule has 5 nitrogen and oxygen atoms in total. The van der Waals surface area contributed by atoms with Crippen LogP contribution in [0.3, 0.4) is 0 Å². The normalized spacial score (nSPS) is 13.4. The van der Waals surface area contributed by atoms with E-state index >= 15 is 0 Å². The summed E-state index contributed by atoms with van der Waals surface area (Å²) < 4.78 is 12.9. The first-order valence-electron chi connectivity index (χ1n) is 7.84. The van der Waals surface area contributed by atoms with Gasteiger partial charge in [-0.3, -0.25) is 4.79 Å². The van der Waals surface area contributed by atoms with Crippen LogP contribution in [0, 0.1) is 5.82 Å². The van der Waals surface area contributed by atoms with Crippen LogP contribution in [-0.2, 0) is 0 Å². The average molecular weight is 331 g/mol. The van der Waals surface area contributed by atoms with E-state index in [1.54, 1.807) is 19.1 Å². The molecule has 0 aliphatic rings. The molecule has 24 heavy (non-hydrogen) atoms. The molecule has 1 aromatic heterocycles. The number of nitrogens with zero attached hydrogens (tertiary/aromatic N) is 1. The van der Waals surface area contributed by atoms with Crippen molar-refractivity contribution >= 4 is 11.7 Å². The standard InChI is InChI=1S/C18H22FN3O2/c1-11(2)21-16-9-6-14(10-20-16)18(24)22-12(3)17(23)13-4-7-15(19)8-5-13/h4-12,17,23H,1-3H3,(H,20,21)(H,22,24)/t12-,17-/m0/s1. The van der Waals surface area contributed by atoms with Crippen LogP contribution in [0.15, 0.2) is 42.6 Å². The molecule has 0 spiro atoms. The number of hydrogen-bond donors (Lipinski definition) is 3. The lowest BCUT2D eigenvalue weighted by molar-refractivity contribution is 0.0851. The molecule has 2 aromatic rings. The summed E-state index contributed by atoms with van der Waals surface area (Å²) in [5.41, 5.74) is 0.946. The largest absolute Gasteiger partial charge is 0.386 e. The smallest absolute Gasteiger partial charge is 0.253 e. The number of benzene rings is 1. The Labute approximate surface area is 140 Å². The van der Waals surface area contributed by atoms with Crippen molar-refractivity contribution in [3.63, 3.8) is 0 Å². The maximum atomic E-state index is 12.9. The minimum Gasteiger partial charge on any atom is -0.386 e. The fraction of sp³-hybridized carbons (Fsp3) is 0.333. The van der Waals surface area contributed by atoms with Gasteiger partial charge >= 0.3 is 0 Å². The SMILES string of the molecule is CC(C)Nc1ccc(C(=O)N[C@@H](C)[C@H](O)c2ccc(F)cc2)cn1. The van der Waals surface area contributed by atoms with Gasteiger partial charge in [-0.15, -0.1) is 0 Å². The Balaban J connectivity index is 1.98. The fourth-order valence-corrected chi connectivity index (χ4v) is 2.23. The van der Waals surface area contributed by atoms with Crippen molar-refractivity contribution in [2.45, 2.75) is 39.0 Å². The molecule has 0 saturated heterocycles. The molecule has 1 aromatic carbocycles. The van der Waals surface area contributed by atoms with Crippen LogP contribution in [0.2, 0.25) is 0 Å². The summed E-state index contributed by atoms with van der Waals surface area (Å²) in [5, 5.41) is 16.1. The summed E-state index contributed by atoms with van der Waals surface area (Å²) in [6.07, 6.45) is 0.557. The third kappa shape index (κ3) is 4.76. The molecule has 2 rings (SSSR count). The third-order valence-electron chi connectivity index (χ3n) is 3.51. The minimum absolute atomic E-state index is 0.253. The lowest BCUT2D eigenvalue weighted by atomic mass is 10.0. The van der Waals surface area contributed by atoms with Gasteiger partial charge in [0.1, 0.15) is 11.6 Å². The Bertz CT molecular complexity index is 672. The first-order chi connectivity index (χ1) is 11.4. The Kier molecular flexibility index (Phi) is 5.87. The van der Waals surface area contributed by atoms with Crippen LogP contribution in [-0.4, -0.2) is 28.1 Å². The number of hydrogen-bond acceptors (Lipinski definition) is 4. The van der Waals surface area contributed by atoms with Gasteiger partial charge in [-0.2, -0.15) is 0 Å². The average Bonchev–Trinajstić information content (AvgIpc) is 2.55. The van der Waals surface area contributed by atoms with Crippen LogP contribution in [0.4, 0.5) is 10.2 Å². The first-order valence-corrected chi connectivity index (χ1v) is 7.84. The predicted octanol–water partition coefficient (Wildman–Crippen LogP) is 2.89. The maximum absolute atomic E-state index is 12.9. The molecule has 3 N–H and O–H groups in total. The molecular weight excluding hydrogens is 309 g/mol. The van der Waals surface area contributed by atoms with Crippen molar-refractivity contribution < 1.29 is 14.3 Å². The second kappa shape index (κ2) is 7.88. The number of pyridine rings is 1. The minimum atomic E-state index is -0.926. The van der Waals surface area contributed by atoms with E-state index in [1.165, 1.54) is 30.5 Å². The number of aliphatic hydroxyl groups excluding tert-OH is 1. The van der Waals surface area contributed by atoms with Crippen molar-refractivity contribution in [1.82, 2.24) is 10.3 Å². The van der Waals surface area contributed by atoms with Gasteiger partial charge in [0.2, 0.25) is 0 Å². The van der Waals surface area contributed by atoms with Gasteiger partial charge < -0.3 is 15.7 Å². The Morgan fingerprint density at radius 1 is 1.12 bits per heavy atom. The van der Waals surface area contributed by atoms with Gasteiger partial charge in [0.15, 0.2) is 0 Å². The first kappa shape index (κ1) is 17.9. The van der Waals surface area contributed by atoms with E-state index in [4.69, 9.17) is 0 Å². The quantitative estimate of drug-likeness (QED) is 0.761. The number of carbonyl (C=O) groups excluding carboxylic acids is 1. The molecule has 0 saturated carbocycles. The number of rotatable bonds is 6. The highest BCUT2D eigenvalue weighted by molar-refractivity contribution is 5.94. The van der Waals surface area contributed by atoms with Gasteiger partial charge in [-0.25, -0.2) is 9.37 Å². The monoisotopic (exact) mass is 331 g/mol. The predicted molar refractivity (Wildman–Crippen MR) is 91.3 cm³/mol. The molecule has 0 radical (unpaired) electrons. The molecule has 0 aliphatic heterocycles. The van der Waals surface area contributed by atoms with Gasteiger partial charge in [0.25, 0.3) is 5.91 Å². The summed E-state index contributed by atoms with van der Waals surface area (Å²) >= 11 is 0. The van der Waals surface area contributed by atoms with Gasteiger partial charge in [-0.1, -0.05) is 12.1 Å². The maximum Gasteiger partial charge on any atom is 0.253 e. The van der Waals surface area contributed by atoms with Crippen LogP contribution < -0.4 is 10.6 Å². The summed E-state index contributed by atoms with van der Waals surface area (Å²) in [5.74, 6) is -0.00276. The highest BCUT2D eigenvalue weighted by atomic mass is 19.1. The third-order valence-corrected chi connectivity index (χ3v) is 3.51. The number of nitrogens with one attached hydrogen (secondary N) is 2. The summed E-state index contributed by atoms with van der Waals surface area (Å²) in [6, 6.07) is 8.67. The van der Waals surface area contributed by atoms with E-state index in [2.05, 4.69) is 15.6 Å². The lowest BCUT2D eigenvalue weighted by Crippen LogP contribution is -2.37. The Hall–Kier alpha value is -2.47. The van der Waals surface area contributed by atoms with Crippen molar-refractivity contribution in [3.05, 3.63) is 59.5 Å². The molecule has 0 aliphatic carbocycles. The number of aromatic nitrogens is 1. The number of carbonyl (C=O) groups is 1. The molecule has 128 valence electrons. The number of amides is 1. The summed E-state index contributed by atoms with van der Waals surface area (Å²) in [6.45, 7) is 5.69. The van der Waals surface area contributed by atoms with Crippen LogP contribution in [0.25, 0.3) is 0 Å². The number of aliphatic hydroxyl groups is 1. The van der Waals surface area contributed by atoms with E-state index in [9.17, 15) is 14.3 Å². The Morgan fingerprint density at radius 3 is 2.33 bits per heavy atom. The van der Waals surface area contributed by atoms with Gasteiger partial charge in [0.05, 0.1) is 17.7 Å². The summed E-state index contributed by atoms with van der Waals surface area (Å²) in [7, 11) is 0. The molecule has 2 atom stereocenters. The molecule has 1 heterocycles.